The van der Waals surface area contributed by atoms with Gasteiger partial charge in [-0.3, -0.25) is 0 Å². The molecule has 0 radical (unpaired) electrons. The highest BCUT2D eigenvalue weighted by atomic mass is 35.7. The summed E-state index contributed by atoms with van der Waals surface area (Å²) in [5.74, 6) is 0.706. The summed E-state index contributed by atoms with van der Waals surface area (Å²) in [7, 11) is 2.03. The largest absolute Gasteiger partial charge is 0.381 e. The van der Waals surface area contributed by atoms with Crippen LogP contribution >= 0.6 is 10.7 Å². The molecular formula is C15H29ClO3S. The first-order valence-corrected chi connectivity index (χ1v) is 10.4. The third kappa shape index (κ3) is 6.77. The summed E-state index contributed by atoms with van der Waals surface area (Å²) < 4.78 is 29.0. The minimum absolute atomic E-state index is 0.0356. The van der Waals surface area contributed by atoms with Crippen molar-refractivity contribution in [2.75, 3.05) is 19.0 Å². The van der Waals surface area contributed by atoms with Crippen LogP contribution in [0.15, 0.2) is 0 Å². The Kier molecular flexibility index (Phi) is 7.84. The van der Waals surface area contributed by atoms with Gasteiger partial charge in [-0.25, -0.2) is 8.42 Å². The van der Waals surface area contributed by atoms with Crippen LogP contribution in [0.1, 0.15) is 65.2 Å². The standard InChI is InChI=1S/C15H29ClO3S/c1-3-9-15(10-4-2,13-20(16,17)18)12-19-11-14-7-5-6-8-14/h14H,3-13H2,1-2H3. The fraction of sp³-hybridized carbons (Fsp3) is 1.00. The van der Waals surface area contributed by atoms with Crippen LogP contribution in [0.25, 0.3) is 0 Å². The van der Waals surface area contributed by atoms with Gasteiger partial charge in [0.2, 0.25) is 9.05 Å². The lowest BCUT2D eigenvalue weighted by atomic mass is 9.82. The number of rotatable bonds is 10. The van der Waals surface area contributed by atoms with Gasteiger partial charge < -0.3 is 4.74 Å². The molecule has 0 aromatic carbocycles. The molecule has 0 heterocycles. The summed E-state index contributed by atoms with van der Waals surface area (Å²) in [6.45, 7) is 5.47. The summed E-state index contributed by atoms with van der Waals surface area (Å²) in [6, 6.07) is 0. The van der Waals surface area contributed by atoms with Crippen LogP contribution < -0.4 is 0 Å². The van der Waals surface area contributed by atoms with Gasteiger partial charge in [0.1, 0.15) is 0 Å². The predicted octanol–water partition coefficient (Wildman–Crippen LogP) is 4.35. The van der Waals surface area contributed by atoms with Gasteiger partial charge in [0, 0.05) is 22.7 Å². The van der Waals surface area contributed by atoms with E-state index in [2.05, 4.69) is 13.8 Å². The maximum atomic E-state index is 11.5. The summed E-state index contributed by atoms with van der Waals surface area (Å²) in [5, 5.41) is 0. The highest BCUT2D eigenvalue weighted by molar-refractivity contribution is 8.13. The molecule has 0 bridgehead atoms. The molecule has 0 aliphatic heterocycles. The highest BCUT2D eigenvalue weighted by Crippen LogP contribution is 2.34. The van der Waals surface area contributed by atoms with Crippen molar-refractivity contribution in [1.29, 1.82) is 0 Å². The molecule has 5 heteroatoms. The molecule has 0 aromatic rings. The zero-order valence-electron chi connectivity index (χ0n) is 12.9. The first-order valence-electron chi connectivity index (χ1n) is 7.91. The van der Waals surface area contributed by atoms with Crippen molar-refractivity contribution >= 4 is 19.7 Å². The monoisotopic (exact) mass is 324 g/mol. The van der Waals surface area contributed by atoms with Crippen LogP contribution in [0.2, 0.25) is 0 Å². The van der Waals surface area contributed by atoms with E-state index in [0.717, 1.165) is 32.3 Å². The molecule has 0 saturated heterocycles. The van der Waals surface area contributed by atoms with E-state index >= 15 is 0 Å². The lowest BCUT2D eigenvalue weighted by Gasteiger charge is -2.32. The van der Waals surface area contributed by atoms with Gasteiger partial charge in [0.05, 0.1) is 12.4 Å². The van der Waals surface area contributed by atoms with E-state index in [1.54, 1.807) is 0 Å². The second kappa shape index (κ2) is 8.60. The molecule has 1 saturated carbocycles. The average Bonchev–Trinajstić information content (AvgIpc) is 2.80. The Morgan fingerprint density at radius 1 is 1.15 bits per heavy atom. The smallest absolute Gasteiger partial charge is 0.233 e. The lowest BCUT2D eigenvalue weighted by Crippen LogP contribution is -2.34. The molecule has 1 aliphatic carbocycles. The third-order valence-corrected chi connectivity index (χ3v) is 5.56. The molecule has 0 atom stereocenters. The van der Waals surface area contributed by atoms with Gasteiger partial charge in [-0.15, -0.1) is 0 Å². The summed E-state index contributed by atoms with van der Waals surface area (Å²) in [5.41, 5.74) is -0.303. The third-order valence-electron chi connectivity index (χ3n) is 4.28. The van der Waals surface area contributed by atoms with Gasteiger partial charge >= 0.3 is 0 Å². The predicted molar refractivity (Wildman–Crippen MR) is 84.7 cm³/mol. The molecule has 1 rings (SSSR count). The molecule has 0 amide bonds. The van der Waals surface area contributed by atoms with E-state index in [1.165, 1.54) is 25.7 Å². The van der Waals surface area contributed by atoms with Crippen molar-refractivity contribution in [2.45, 2.75) is 65.2 Å². The second-order valence-corrected chi connectivity index (χ2v) is 9.13. The van der Waals surface area contributed by atoms with Crippen molar-refractivity contribution in [3.63, 3.8) is 0 Å². The SMILES string of the molecule is CCCC(CCC)(COCC1CCCC1)CS(=O)(=O)Cl. The van der Waals surface area contributed by atoms with Crippen molar-refractivity contribution in [3.05, 3.63) is 0 Å². The maximum absolute atomic E-state index is 11.5. The van der Waals surface area contributed by atoms with Crippen LogP contribution in [0, 0.1) is 11.3 Å². The van der Waals surface area contributed by atoms with Crippen LogP contribution in [-0.4, -0.2) is 27.4 Å². The van der Waals surface area contributed by atoms with Crippen molar-refractivity contribution < 1.29 is 13.2 Å². The second-order valence-electron chi connectivity index (χ2n) is 6.35. The summed E-state index contributed by atoms with van der Waals surface area (Å²) in [6.07, 6.45) is 8.75. The van der Waals surface area contributed by atoms with Gasteiger partial charge in [-0.1, -0.05) is 39.5 Å². The van der Waals surface area contributed by atoms with E-state index in [-0.39, 0.29) is 11.2 Å². The molecule has 0 N–H and O–H groups in total. The molecule has 0 unspecified atom stereocenters. The topological polar surface area (TPSA) is 43.4 Å². The Bertz CT molecular complexity index is 355. The number of ether oxygens (including phenoxy) is 1. The van der Waals surface area contributed by atoms with Crippen molar-refractivity contribution in [2.24, 2.45) is 11.3 Å². The van der Waals surface area contributed by atoms with Crippen LogP contribution in [0.4, 0.5) is 0 Å². The highest BCUT2D eigenvalue weighted by Gasteiger charge is 2.34. The Morgan fingerprint density at radius 3 is 2.15 bits per heavy atom. The molecule has 1 fully saturated rings. The van der Waals surface area contributed by atoms with E-state index in [0.29, 0.717) is 12.5 Å². The molecule has 120 valence electrons. The van der Waals surface area contributed by atoms with E-state index in [4.69, 9.17) is 15.4 Å². The molecule has 3 nitrogen and oxygen atoms in total. The van der Waals surface area contributed by atoms with Gasteiger partial charge in [-0.2, -0.15) is 0 Å². The Morgan fingerprint density at radius 2 is 1.70 bits per heavy atom. The van der Waals surface area contributed by atoms with Gasteiger partial charge in [-0.05, 0) is 31.6 Å². The number of hydrogen-bond donors (Lipinski definition) is 0. The fourth-order valence-corrected chi connectivity index (χ4v) is 5.30. The van der Waals surface area contributed by atoms with E-state index < -0.39 is 9.05 Å². The van der Waals surface area contributed by atoms with E-state index in [1.807, 2.05) is 0 Å². The molecule has 0 spiro atoms. The minimum Gasteiger partial charge on any atom is -0.381 e. The van der Waals surface area contributed by atoms with Crippen LogP contribution in [-0.2, 0) is 13.8 Å². The Balaban J connectivity index is 2.58. The lowest BCUT2D eigenvalue weighted by molar-refractivity contribution is 0.0261. The normalized spacial score (nSPS) is 17.8. The van der Waals surface area contributed by atoms with Crippen LogP contribution in [0.5, 0.6) is 0 Å². The van der Waals surface area contributed by atoms with E-state index in [9.17, 15) is 8.42 Å². The minimum atomic E-state index is -3.48. The fourth-order valence-electron chi connectivity index (χ4n) is 3.50. The first kappa shape index (κ1) is 18.2. The van der Waals surface area contributed by atoms with Gasteiger partial charge in [0.15, 0.2) is 0 Å². The maximum Gasteiger partial charge on any atom is 0.233 e. The molecular weight excluding hydrogens is 296 g/mol. The summed E-state index contributed by atoms with van der Waals surface area (Å²) in [4.78, 5) is 0. The number of halogens is 1. The number of hydrogen-bond acceptors (Lipinski definition) is 3. The zero-order chi connectivity index (χ0) is 15.1. The zero-order valence-corrected chi connectivity index (χ0v) is 14.4. The van der Waals surface area contributed by atoms with Crippen molar-refractivity contribution in [3.8, 4) is 0 Å². The summed E-state index contributed by atoms with van der Waals surface area (Å²) >= 11 is 0. The molecule has 1 aliphatic rings. The van der Waals surface area contributed by atoms with Crippen molar-refractivity contribution in [1.82, 2.24) is 0 Å². The van der Waals surface area contributed by atoms with Gasteiger partial charge in [0.25, 0.3) is 0 Å². The molecule has 20 heavy (non-hydrogen) atoms. The average molecular weight is 325 g/mol. The quantitative estimate of drug-likeness (QED) is 0.561. The first-order chi connectivity index (χ1) is 9.41. The molecule has 0 aromatic heterocycles. The Hall–Kier alpha value is 0.200. The Labute approximate surface area is 128 Å². The van der Waals surface area contributed by atoms with Crippen LogP contribution in [0.3, 0.4) is 0 Å².